The highest BCUT2D eigenvalue weighted by molar-refractivity contribution is 9.10. The number of ketones is 1. The molecule has 0 N–H and O–H groups in total. The molecule has 0 atom stereocenters. The Morgan fingerprint density at radius 3 is 2.67 bits per heavy atom. The molecule has 2 aromatic rings. The minimum Gasteiger partial charge on any atom is -0.299 e. The van der Waals surface area contributed by atoms with E-state index in [2.05, 4.69) is 21.0 Å². The van der Waals surface area contributed by atoms with Crippen LogP contribution in [-0.4, -0.2) is 21.5 Å². The molecule has 0 fully saturated rings. The first-order valence-electron chi connectivity index (χ1n) is 6.24. The van der Waals surface area contributed by atoms with E-state index in [1.54, 1.807) is 29.9 Å². The van der Waals surface area contributed by atoms with E-state index < -0.39 is 11.7 Å². The van der Waals surface area contributed by atoms with Gasteiger partial charge in [0, 0.05) is 17.1 Å². The van der Waals surface area contributed by atoms with E-state index in [-0.39, 0.29) is 6.54 Å². The van der Waals surface area contributed by atoms with E-state index in [9.17, 15) is 9.59 Å². The van der Waals surface area contributed by atoms with Crippen molar-refractivity contribution in [2.24, 2.45) is 7.05 Å². The molecule has 1 aromatic carbocycles. The number of nitrogens with zero attached hydrogens (tertiary/aromatic N) is 3. The minimum atomic E-state index is -0.545. The topological polar surface area (TPSA) is 55.2 Å². The van der Waals surface area contributed by atoms with Crippen molar-refractivity contribution in [3.63, 3.8) is 0 Å². The van der Waals surface area contributed by atoms with Gasteiger partial charge >= 0.3 is 0 Å². The zero-order valence-electron chi connectivity index (χ0n) is 11.4. The van der Waals surface area contributed by atoms with E-state index in [0.29, 0.717) is 20.9 Å². The van der Waals surface area contributed by atoms with Crippen LogP contribution in [0.4, 0.5) is 5.69 Å². The average molecular weight is 369 g/mol. The first-order valence-corrected chi connectivity index (χ1v) is 7.41. The minimum absolute atomic E-state index is 0.221. The van der Waals surface area contributed by atoms with Crippen molar-refractivity contribution in [1.82, 2.24) is 9.78 Å². The molecule has 108 valence electrons. The lowest BCUT2D eigenvalue weighted by atomic mass is 10.1. The van der Waals surface area contributed by atoms with Gasteiger partial charge in [0.05, 0.1) is 23.5 Å². The van der Waals surface area contributed by atoms with Gasteiger partial charge in [0.25, 0.3) is 11.7 Å². The molecule has 0 spiro atoms. The van der Waals surface area contributed by atoms with Crippen LogP contribution in [-0.2, 0) is 18.4 Å². The number of aryl methyl sites for hydroxylation is 2. The SMILES string of the molecule is Cc1nn(C)c(Cl)c1CN1C(=O)C(=O)c2cccc(Br)c21. The smallest absolute Gasteiger partial charge is 0.299 e. The van der Waals surface area contributed by atoms with Crippen molar-refractivity contribution < 1.29 is 9.59 Å². The van der Waals surface area contributed by atoms with Crippen LogP contribution in [0, 0.1) is 6.92 Å². The van der Waals surface area contributed by atoms with Crippen molar-refractivity contribution in [2.45, 2.75) is 13.5 Å². The number of hydrogen-bond donors (Lipinski definition) is 0. The number of hydrogen-bond acceptors (Lipinski definition) is 3. The summed E-state index contributed by atoms with van der Waals surface area (Å²) in [5, 5.41) is 4.69. The van der Waals surface area contributed by atoms with Crippen LogP contribution in [0.5, 0.6) is 0 Å². The quantitative estimate of drug-likeness (QED) is 0.766. The zero-order chi connectivity index (χ0) is 15.3. The maximum Gasteiger partial charge on any atom is 0.299 e. The highest BCUT2D eigenvalue weighted by atomic mass is 79.9. The summed E-state index contributed by atoms with van der Waals surface area (Å²) in [5.41, 5.74) is 2.48. The summed E-state index contributed by atoms with van der Waals surface area (Å²) in [6, 6.07) is 5.19. The molecule has 0 saturated carbocycles. The average Bonchev–Trinajstić information content (AvgIpc) is 2.83. The lowest BCUT2D eigenvalue weighted by Gasteiger charge is -2.17. The first-order chi connectivity index (χ1) is 9.91. The van der Waals surface area contributed by atoms with Crippen molar-refractivity contribution in [3.8, 4) is 0 Å². The molecule has 5 nitrogen and oxygen atoms in total. The van der Waals surface area contributed by atoms with Gasteiger partial charge in [-0.3, -0.25) is 19.2 Å². The van der Waals surface area contributed by atoms with Crippen LogP contribution in [0.15, 0.2) is 22.7 Å². The molecular weight excluding hydrogens is 358 g/mol. The Morgan fingerprint density at radius 2 is 2.05 bits per heavy atom. The number of Topliss-reactive ketones (excluding diaryl/α,β-unsaturated/α-hetero) is 1. The number of halogens is 2. The maximum atomic E-state index is 12.2. The highest BCUT2D eigenvalue weighted by Crippen LogP contribution is 2.37. The largest absolute Gasteiger partial charge is 0.299 e. The molecule has 7 heteroatoms. The third kappa shape index (κ3) is 2.10. The molecule has 1 aromatic heterocycles. The normalized spacial score (nSPS) is 14.0. The van der Waals surface area contributed by atoms with E-state index in [1.807, 2.05) is 6.92 Å². The van der Waals surface area contributed by atoms with Crippen molar-refractivity contribution in [2.75, 3.05) is 4.90 Å². The van der Waals surface area contributed by atoms with Crippen LogP contribution >= 0.6 is 27.5 Å². The first kappa shape index (κ1) is 14.3. The molecule has 0 aliphatic carbocycles. The number of aromatic nitrogens is 2. The molecule has 0 saturated heterocycles. The highest BCUT2D eigenvalue weighted by Gasteiger charge is 2.37. The molecule has 0 unspecified atom stereocenters. The Morgan fingerprint density at radius 1 is 1.33 bits per heavy atom. The van der Waals surface area contributed by atoms with Crippen LogP contribution in [0.25, 0.3) is 0 Å². The Hall–Kier alpha value is -1.66. The molecule has 1 amide bonds. The van der Waals surface area contributed by atoms with Gasteiger partial charge in [-0.2, -0.15) is 5.10 Å². The van der Waals surface area contributed by atoms with E-state index in [0.717, 1.165) is 11.3 Å². The number of carbonyl (C=O) groups is 2. The summed E-state index contributed by atoms with van der Waals surface area (Å²) < 4.78 is 2.26. The van der Waals surface area contributed by atoms with Gasteiger partial charge in [-0.05, 0) is 35.0 Å². The fourth-order valence-corrected chi connectivity index (χ4v) is 3.29. The number of rotatable bonds is 2. The van der Waals surface area contributed by atoms with Gasteiger partial charge in [0.1, 0.15) is 5.15 Å². The second-order valence-electron chi connectivity index (χ2n) is 4.83. The summed E-state index contributed by atoms with van der Waals surface area (Å²) in [6.07, 6.45) is 0. The van der Waals surface area contributed by atoms with Crippen LogP contribution < -0.4 is 4.90 Å². The number of fused-ring (bicyclic) bond motifs is 1. The monoisotopic (exact) mass is 367 g/mol. The zero-order valence-corrected chi connectivity index (χ0v) is 13.7. The second kappa shape index (κ2) is 4.96. The summed E-state index contributed by atoms with van der Waals surface area (Å²) in [4.78, 5) is 25.7. The van der Waals surface area contributed by atoms with Crippen molar-refractivity contribution in [3.05, 3.63) is 44.6 Å². The maximum absolute atomic E-state index is 12.2. The summed E-state index contributed by atoms with van der Waals surface area (Å²) >= 11 is 9.61. The fourth-order valence-electron chi connectivity index (χ4n) is 2.47. The van der Waals surface area contributed by atoms with Crippen LogP contribution in [0.1, 0.15) is 21.6 Å². The predicted molar refractivity (Wildman–Crippen MR) is 82.6 cm³/mol. The standard InChI is InChI=1S/C14H11BrClN3O2/c1-7-9(13(16)18(2)17-7)6-19-11-8(12(20)14(19)21)4-3-5-10(11)15/h3-5H,6H2,1-2H3. The molecule has 0 radical (unpaired) electrons. The molecule has 1 aliphatic rings. The summed E-state index contributed by atoms with van der Waals surface area (Å²) in [7, 11) is 1.74. The van der Waals surface area contributed by atoms with Gasteiger partial charge < -0.3 is 0 Å². The van der Waals surface area contributed by atoms with Crippen molar-refractivity contribution in [1.29, 1.82) is 0 Å². The van der Waals surface area contributed by atoms with E-state index in [1.165, 1.54) is 4.90 Å². The van der Waals surface area contributed by atoms with Gasteiger partial charge in [0.2, 0.25) is 0 Å². The van der Waals surface area contributed by atoms with Crippen LogP contribution in [0.3, 0.4) is 0 Å². The predicted octanol–water partition coefficient (Wildman–Crippen LogP) is 2.87. The Balaban J connectivity index is 2.08. The van der Waals surface area contributed by atoms with Gasteiger partial charge in [-0.25, -0.2) is 0 Å². The van der Waals surface area contributed by atoms with Gasteiger partial charge in [-0.15, -0.1) is 0 Å². The number of carbonyl (C=O) groups excluding carboxylic acids is 2. The number of benzene rings is 1. The Kier molecular flexibility index (Phi) is 3.37. The Bertz CT molecular complexity index is 785. The van der Waals surface area contributed by atoms with E-state index in [4.69, 9.17) is 11.6 Å². The molecule has 2 heterocycles. The lowest BCUT2D eigenvalue weighted by Crippen LogP contribution is -2.29. The van der Waals surface area contributed by atoms with E-state index >= 15 is 0 Å². The lowest BCUT2D eigenvalue weighted by molar-refractivity contribution is -0.114. The fraction of sp³-hybridized carbons (Fsp3) is 0.214. The summed E-state index contributed by atoms with van der Waals surface area (Å²) in [5.74, 6) is -1.04. The molecule has 21 heavy (non-hydrogen) atoms. The molecular formula is C14H11BrClN3O2. The summed E-state index contributed by atoms with van der Waals surface area (Å²) in [6.45, 7) is 2.04. The molecule has 1 aliphatic heterocycles. The number of amides is 1. The third-order valence-corrected chi connectivity index (χ3v) is 4.64. The second-order valence-corrected chi connectivity index (χ2v) is 6.05. The molecule has 3 rings (SSSR count). The van der Waals surface area contributed by atoms with Crippen LogP contribution in [0.2, 0.25) is 5.15 Å². The van der Waals surface area contributed by atoms with Gasteiger partial charge in [0.15, 0.2) is 0 Å². The molecule has 0 bridgehead atoms. The Labute approximate surface area is 134 Å². The number of para-hydroxylation sites is 1. The van der Waals surface area contributed by atoms with Crippen molar-refractivity contribution >= 4 is 44.9 Å². The van der Waals surface area contributed by atoms with Gasteiger partial charge in [-0.1, -0.05) is 17.7 Å². The third-order valence-electron chi connectivity index (χ3n) is 3.53. The number of anilines is 1.